The quantitative estimate of drug-likeness (QED) is 0.874. The van der Waals surface area contributed by atoms with Gasteiger partial charge in [0.05, 0.1) is 0 Å². The number of carbonyl (C=O) groups is 2. The predicted octanol–water partition coefficient (Wildman–Crippen LogP) is 2.69. The Labute approximate surface area is 158 Å². The summed E-state index contributed by atoms with van der Waals surface area (Å²) in [5, 5.41) is 7.97. The Kier molecular flexibility index (Phi) is 5.61. The van der Waals surface area contributed by atoms with Gasteiger partial charge in [0.1, 0.15) is 0 Å². The van der Waals surface area contributed by atoms with Gasteiger partial charge in [-0.25, -0.2) is 0 Å². The summed E-state index contributed by atoms with van der Waals surface area (Å²) in [5.74, 6) is -0.0869. The fourth-order valence-corrected chi connectivity index (χ4v) is 3.35. The maximum absolute atomic E-state index is 12.7. The summed E-state index contributed by atoms with van der Waals surface area (Å²) in [6, 6.07) is 7.34. The number of fused-ring (bicyclic) bond motifs is 1. The Balaban J connectivity index is 1.73. The van der Waals surface area contributed by atoms with Gasteiger partial charge in [0.15, 0.2) is 5.69 Å². The van der Waals surface area contributed by atoms with Crippen molar-refractivity contribution in [1.29, 1.82) is 0 Å². The van der Waals surface area contributed by atoms with E-state index in [2.05, 4.69) is 10.4 Å². The van der Waals surface area contributed by atoms with Crippen molar-refractivity contribution < 1.29 is 9.59 Å². The molecule has 6 nitrogen and oxygen atoms in total. The van der Waals surface area contributed by atoms with Crippen LogP contribution in [0.15, 0.2) is 24.3 Å². The van der Waals surface area contributed by atoms with E-state index in [1.807, 2.05) is 31.0 Å². The SMILES string of the molecule is CCCC(=O)N1CCc2c(c(C(=O)NCc3ccc(Cl)cc3)nn2C)C1. The van der Waals surface area contributed by atoms with Crippen LogP contribution < -0.4 is 5.32 Å². The summed E-state index contributed by atoms with van der Waals surface area (Å²) in [4.78, 5) is 26.7. The minimum atomic E-state index is -0.221. The van der Waals surface area contributed by atoms with Crippen LogP contribution in [0.25, 0.3) is 0 Å². The van der Waals surface area contributed by atoms with Crippen molar-refractivity contribution in [3.63, 3.8) is 0 Å². The number of aryl methyl sites for hydroxylation is 1. The third-order valence-electron chi connectivity index (χ3n) is 4.64. The van der Waals surface area contributed by atoms with Crippen molar-refractivity contribution in [2.75, 3.05) is 6.54 Å². The van der Waals surface area contributed by atoms with Gasteiger partial charge in [0.2, 0.25) is 5.91 Å². The second kappa shape index (κ2) is 7.91. The van der Waals surface area contributed by atoms with E-state index in [1.54, 1.807) is 16.8 Å². The van der Waals surface area contributed by atoms with Crippen LogP contribution in [0.2, 0.25) is 5.02 Å². The van der Waals surface area contributed by atoms with Gasteiger partial charge in [-0.3, -0.25) is 14.3 Å². The van der Waals surface area contributed by atoms with Crippen LogP contribution in [0.3, 0.4) is 0 Å². The summed E-state index contributed by atoms with van der Waals surface area (Å²) in [6.45, 7) is 3.52. The average Bonchev–Trinajstić information content (AvgIpc) is 2.97. The fraction of sp³-hybridized carbons (Fsp3) is 0.421. The van der Waals surface area contributed by atoms with Crippen LogP contribution in [0.1, 0.15) is 47.1 Å². The fourth-order valence-electron chi connectivity index (χ4n) is 3.23. The molecular formula is C19H23ClN4O2. The van der Waals surface area contributed by atoms with Crippen molar-refractivity contribution in [1.82, 2.24) is 20.0 Å². The third-order valence-corrected chi connectivity index (χ3v) is 4.89. The lowest BCUT2D eigenvalue weighted by atomic mass is 10.0. The number of hydrogen-bond acceptors (Lipinski definition) is 3. The molecular weight excluding hydrogens is 352 g/mol. The Bertz CT molecular complexity index is 814. The Morgan fingerprint density at radius 3 is 2.69 bits per heavy atom. The molecule has 1 aliphatic heterocycles. The summed E-state index contributed by atoms with van der Waals surface area (Å²) < 4.78 is 1.76. The Morgan fingerprint density at radius 2 is 2.00 bits per heavy atom. The second-order valence-corrected chi connectivity index (χ2v) is 6.96. The first-order chi connectivity index (χ1) is 12.5. The molecule has 0 radical (unpaired) electrons. The van der Waals surface area contributed by atoms with Crippen LogP contribution in [0.4, 0.5) is 0 Å². The summed E-state index contributed by atoms with van der Waals surface area (Å²) in [5.41, 5.74) is 3.26. The van der Waals surface area contributed by atoms with Gasteiger partial charge >= 0.3 is 0 Å². The zero-order valence-electron chi connectivity index (χ0n) is 15.1. The molecule has 2 aromatic rings. The molecule has 1 aliphatic rings. The van der Waals surface area contributed by atoms with Gasteiger partial charge in [-0.05, 0) is 24.1 Å². The molecule has 0 unspecified atom stereocenters. The summed E-state index contributed by atoms with van der Waals surface area (Å²) in [6.07, 6.45) is 2.08. The molecule has 0 fully saturated rings. The molecule has 0 aliphatic carbocycles. The number of rotatable bonds is 5. The van der Waals surface area contributed by atoms with Gasteiger partial charge in [-0.2, -0.15) is 5.10 Å². The van der Waals surface area contributed by atoms with E-state index >= 15 is 0 Å². The maximum Gasteiger partial charge on any atom is 0.272 e. The van der Waals surface area contributed by atoms with Crippen LogP contribution in [-0.2, 0) is 31.4 Å². The number of nitrogens with zero attached hydrogens (tertiary/aromatic N) is 3. The second-order valence-electron chi connectivity index (χ2n) is 6.52. The smallest absolute Gasteiger partial charge is 0.272 e. The number of carbonyl (C=O) groups excluding carboxylic acids is 2. The molecule has 138 valence electrons. The van der Waals surface area contributed by atoms with Crippen molar-refractivity contribution >= 4 is 23.4 Å². The first-order valence-corrected chi connectivity index (χ1v) is 9.22. The van der Waals surface area contributed by atoms with E-state index in [1.165, 1.54) is 0 Å². The predicted molar refractivity (Wildman–Crippen MR) is 99.9 cm³/mol. The van der Waals surface area contributed by atoms with Crippen molar-refractivity contribution in [2.45, 2.75) is 39.3 Å². The van der Waals surface area contributed by atoms with Gasteiger partial charge in [0.25, 0.3) is 5.91 Å². The molecule has 0 spiro atoms. The zero-order chi connectivity index (χ0) is 18.7. The monoisotopic (exact) mass is 374 g/mol. The third kappa shape index (κ3) is 3.90. The molecule has 26 heavy (non-hydrogen) atoms. The lowest BCUT2D eigenvalue weighted by Gasteiger charge is -2.27. The van der Waals surface area contributed by atoms with Gasteiger partial charge in [0, 0.05) is 55.8 Å². The minimum Gasteiger partial charge on any atom is -0.347 e. The van der Waals surface area contributed by atoms with Gasteiger partial charge in [-0.15, -0.1) is 0 Å². The van der Waals surface area contributed by atoms with E-state index in [4.69, 9.17) is 11.6 Å². The lowest BCUT2D eigenvalue weighted by Crippen LogP contribution is -2.37. The van der Waals surface area contributed by atoms with E-state index in [0.717, 1.165) is 29.7 Å². The number of halogens is 1. The molecule has 2 heterocycles. The molecule has 0 bridgehead atoms. The number of nitrogens with one attached hydrogen (secondary N) is 1. The molecule has 0 saturated heterocycles. The van der Waals surface area contributed by atoms with E-state index in [0.29, 0.717) is 36.8 Å². The van der Waals surface area contributed by atoms with E-state index in [9.17, 15) is 9.59 Å². The van der Waals surface area contributed by atoms with Crippen LogP contribution >= 0.6 is 11.6 Å². The standard InChI is InChI=1S/C19H23ClN4O2/c1-3-4-17(25)24-10-9-16-15(12-24)18(22-23(16)2)19(26)21-11-13-5-7-14(20)8-6-13/h5-8H,3-4,9-12H2,1-2H3,(H,21,26). The van der Waals surface area contributed by atoms with Crippen LogP contribution in [0.5, 0.6) is 0 Å². The summed E-state index contributed by atoms with van der Waals surface area (Å²) in [7, 11) is 1.85. The largest absolute Gasteiger partial charge is 0.347 e. The molecule has 0 saturated carbocycles. The van der Waals surface area contributed by atoms with E-state index in [-0.39, 0.29) is 11.8 Å². The number of hydrogen-bond donors (Lipinski definition) is 1. The molecule has 2 amide bonds. The first kappa shape index (κ1) is 18.5. The first-order valence-electron chi connectivity index (χ1n) is 8.84. The topological polar surface area (TPSA) is 67.2 Å². The number of aromatic nitrogens is 2. The summed E-state index contributed by atoms with van der Waals surface area (Å²) >= 11 is 5.88. The molecule has 1 N–H and O–H groups in total. The molecule has 1 aromatic carbocycles. The average molecular weight is 375 g/mol. The molecule has 0 atom stereocenters. The van der Waals surface area contributed by atoms with Crippen LogP contribution in [0, 0.1) is 0 Å². The zero-order valence-corrected chi connectivity index (χ0v) is 15.8. The Hall–Kier alpha value is -2.34. The number of amides is 2. The minimum absolute atomic E-state index is 0.134. The van der Waals surface area contributed by atoms with Crippen molar-refractivity contribution in [3.05, 3.63) is 51.8 Å². The van der Waals surface area contributed by atoms with Crippen LogP contribution in [-0.4, -0.2) is 33.0 Å². The Morgan fingerprint density at radius 1 is 1.27 bits per heavy atom. The van der Waals surface area contributed by atoms with Crippen molar-refractivity contribution in [3.8, 4) is 0 Å². The highest BCUT2D eigenvalue weighted by Crippen LogP contribution is 2.23. The van der Waals surface area contributed by atoms with Gasteiger partial charge in [-0.1, -0.05) is 30.7 Å². The molecule has 3 rings (SSSR count). The van der Waals surface area contributed by atoms with Crippen molar-refractivity contribution in [2.24, 2.45) is 7.05 Å². The van der Waals surface area contributed by atoms with Gasteiger partial charge < -0.3 is 10.2 Å². The molecule has 7 heteroatoms. The highest BCUT2D eigenvalue weighted by molar-refractivity contribution is 6.30. The highest BCUT2D eigenvalue weighted by atomic mass is 35.5. The maximum atomic E-state index is 12.7. The normalized spacial score (nSPS) is 13.4. The van der Waals surface area contributed by atoms with E-state index < -0.39 is 0 Å². The number of benzene rings is 1. The lowest BCUT2D eigenvalue weighted by molar-refractivity contribution is -0.132. The highest BCUT2D eigenvalue weighted by Gasteiger charge is 2.28. The molecule has 1 aromatic heterocycles.